The van der Waals surface area contributed by atoms with E-state index in [1.54, 1.807) is 39.8 Å². The Kier molecular flexibility index (Phi) is 13.9. The van der Waals surface area contributed by atoms with Crippen molar-refractivity contribution in [3.8, 4) is 0 Å². The van der Waals surface area contributed by atoms with Gasteiger partial charge in [-0.3, -0.25) is 0 Å². The highest BCUT2D eigenvalue weighted by atomic mass is 35.5. The lowest BCUT2D eigenvalue weighted by Crippen LogP contribution is -2.05. The molecule has 0 radical (unpaired) electrons. The maximum Gasteiger partial charge on any atom is 0.416 e. The van der Waals surface area contributed by atoms with Crippen molar-refractivity contribution in [2.45, 2.75) is 74.7 Å². The second kappa shape index (κ2) is 15.8. The van der Waals surface area contributed by atoms with Crippen molar-refractivity contribution in [2.24, 2.45) is 0 Å². The van der Waals surface area contributed by atoms with E-state index in [1.165, 1.54) is 27.8 Å². The van der Waals surface area contributed by atoms with Crippen LogP contribution in [0, 0.1) is 62.3 Å². The van der Waals surface area contributed by atoms with E-state index in [9.17, 15) is 26.3 Å². The minimum atomic E-state index is -4.23. The number of hydrogen-bond acceptors (Lipinski definition) is 0. The number of aryl methyl sites for hydroxylation is 8. The summed E-state index contributed by atoms with van der Waals surface area (Å²) in [4.78, 5) is 0. The van der Waals surface area contributed by atoms with Crippen LogP contribution in [0.4, 0.5) is 26.3 Å². The molecule has 0 amide bonds. The molecule has 0 heterocycles. The molecule has 0 saturated carbocycles. The van der Waals surface area contributed by atoms with Crippen molar-refractivity contribution in [3.63, 3.8) is 0 Å². The number of alkyl halides is 6. The third-order valence-corrected chi connectivity index (χ3v) is 6.38. The maximum absolute atomic E-state index is 12.1. The zero-order chi connectivity index (χ0) is 32.4. The predicted molar refractivity (Wildman–Crippen MR) is 163 cm³/mol. The summed E-state index contributed by atoms with van der Waals surface area (Å²) in [5, 5.41) is 0.826. The van der Waals surface area contributed by atoms with Gasteiger partial charge in [-0.15, -0.1) is 0 Å². The highest BCUT2D eigenvalue weighted by Gasteiger charge is 2.31. The number of rotatable bonds is 0. The van der Waals surface area contributed by atoms with E-state index < -0.39 is 23.5 Å². The molecule has 7 heteroatoms. The fraction of sp³-hybridized carbons (Fsp3) is 0.314. The van der Waals surface area contributed by atoms with Crippen molar-refractivity contribution < 1.29 is 26.3 Å². The molecule has 0 aliphatic heterocycles. The molecule has 0 saturated heterocycles. The Morgan fingerprint density at radius 2 is 0.690 bits per heavy atom. The third kappa shape index (κ3) is 13.6. The molecule has 0 nitrogen and oxygen atoms in total. The van der Waals surface area contributed by atoms with E-state index in [0.717, 1.165) is 29.3 Å². The van der Waals surface area contributed by atoms with Crippen LogP contribution in [0.5, 0.6) is 0 Å². The van der Waals surface area contributed by atoms with Gasteiger partial charge in [0.1, 0.15) is 0 Å². The van der Waals surface area contributed by atoms with Crippen LogP contribution in [0.1, 0.15) is 61.2 Å². The second-order valence-electron chi connectivity index (χ2n) is 10.6. The standard InChI is InChI=1S/2C9H9F3.C9H12.C8H9Cl/c2*1-6-3-7(2)5-8(4-6)9(10,11)12;1-7-5-4-6-8(2)9(7)3;1-6-3-7(2)5-8(9)4-6/h2*3-5H,1-2H3;4-6H,1-3H3;3-5H,1-2H3. The van der Waals surface area contributed by atoms with Gasteiger partial charge in [0.05, 0.1) is 11.1 Å². The van der Waals surface area contributed by atoms with Crippen LogP contribution in [0.15, 0.2) is 72.8 Å². The van der Waals surface area contributed by atoms with Crippen molar-refractivity contribution in [3.05, 3.63) is 139 Å². The Morgan fingerprint density at radius 3 is 0.905 bits per heavy atom. The fourth-order valence-electron chi connectivity index (χ4n) is 4.09. The average Bonchev–Trinajstić information content (AvgIpc) is 2.80. The van der Waals surface area contributed by atoms with E-state index in [1.807, 2.05) is 26.0 Å². The first kappa shape index (κ1) is 36.8. The summed E-state index contributed by atoms with van der Waals surface area (Å²) in [7, 11) is 0. The van der Waals surface area contributed by atoms with E-state index in [2.05, 4.69) is 45.0 Å². The van der Waals surface area contributed by atoms with Crippen LogP contribution in [0.2, 0.25) is 5.02 Å². The third-order valence-electron chi connectivity index (χ3n) is 6.16. The van der Waals surface area contributed by atoms with Gasteiger partial charge in [-0.25, -0.2) is 0 Å². The first-order chi connectivity index (χ1) is 19.2. The molecule has 228 valence electrons. The maximum atomic E-state index is 12.1. The number of benzene rings is 4. The van der Waals surface area contributed by atoms with Crippen LogP contribution in [-0.2, 0) is 12.4 Å². The summed E-state index contributed by atoms with van der Waals surface area (Å²) in [5.74, 6) is 0. The molecule has 0 atom stereocenters. The van der Waals surface area contributed by atoms with Crippen LogP contribution < -0.4 is 0 Å². The Labute approximate surface area is 251 Å². The Morgan fingerprint density at radius 1 is 0.429 bits per heavy atom. The summed E-state index contributed by atoms with van der Waals surface area (Å²) in [6.45, 7) is 17.1. The van der Waals surface area contributed by atoms with Crippen molar-refractivity contribution in [1.82, 2.24) is 0 Å². The van der Waals surface area contributed by atoms with E-state index in [4.69, 9.17) is 11.6 Å². The molecule has 0 N–H and O–H groups in total. The molecule has 0 bridgehead atoms. The molecule has 0 aliphatic rings. The molecule has 4 rings (SSSR count). The molecule has 4 aromatic rings. The van der Waals surface area contributed by atoms with Crippen LogP contribution >= 0.6 is 11.6 Å². The van der Waals surface area contributed by atoms with Crippen LogP contribution in [0.25, 0.3) is 0 Å². The smallest absolute Gasteiger partial charge is 0.166 e. The summed E-state index contributed by atoms with van der Waals surface area (Å²) in [5.41, 5.74) is 8.05. The molecular formula is C35H39ClF6. The topological polar surface area (TPSA) is 0 Å². The summed E-state index contributed by atoms with van der Waals surface area (Å²) >= 11 is 5.75. The first-order valence-electron chi connectivity index (χ1n) is 13.3. The molecule has 0 fully saturated rings. The van der Waals surface area contributed by atoms with Crippen LogP contribution in [-0.4, -0.2) is 0 Å². The molecule has 0 aliphatic carbocycles. The minimum absolute atomic E-state index is 0.569. The van der Waals surface area contributed by atoms with Gasteiger partial charge in [0.15, 0.2) is 0 Å². The summed E-state index contributed by atoms with van der Waals surface area (Å²) in [6.07, 6.45) is -8.45. The lowest BCUT2D eigenvalue weighted by Gasteiger charge is -2.08. The zero-order valence-corrected chi connectivity index (χ0v) is 26.3. The van der Waals surface area contributed by atoms with Crippen molar-refractivity contribution >= 4 is 11.6 Å². The average molecular weight is 609 g/mol. The van der Waals surface area contributed by atoms with Gasteiger partial charge in [0.2, 0.25) is 0 Å². The van der Waals surface area contributed by atoms with E-state index in [0.29, 0.717) is 22.3 Å². The summed E-state index contributed by atoms with van der Waals surface area (Å²) in [6, 6.07) is 20.4. The normalized spacial score (nSPS) is 10.9. The fourth-order valence-corrected chi connectivity index (χ4v) is 4.44. The lowest BCUT2D eigenvalue weighted by molar-refractivity contribution is -0.138. The highest BCUT2D eigenvalue weighted by molar-refractivity contribution is 6.30. The molecule has 0 unspecified atom stereocenters. The molecule has 4 aromatic carbocycles. The molecular weight excluding hydrogens is 570 g/mol. The quantitative estimate of drug-likeness (QED) is 0.174. The van der Waals surface area contributed by atoms with Gasteiger partial charge in [0, 0.05) is 5.02 Å². The number of halogens is 7. The van der Waals surface area contributed by atoms with Crippen molar-refractivity contribution in [1.29, 1.82) is 0 Å². The van der Waals surface area contributed by atoms with Gasteiger partial charge in [-0.05, 0) is 127 Å². The van der Waals surface area contributed by atoms with E-state index in [-0.39, 0.29) is 0 Å². The Hall–Kier alpha value is -3.25. The molecule has 0 aromatic heterocycles. The molecule has 42 heavy (non-hydrogen) atoms. The lowest BCUT2D eigenvalue weighted by atomic mass is 10.1. The predicted octanol–water partition coefficient (Wildman–Crippen LogP) is 12.2. The first-order valence-corrected chi connectivity index (χ1v) is 13.6. The highest BCUT2D eigenvalue weighted by Crippen LogP contribution is 2.31. The van der Waals surface area contributed by atoms with Gasteiger partial charge >= 0.3 is 12.4 Å². The minimum Gasteiger partial charge on any atom is -0.166 e. The number of hydrogen-bond donors (Lipinski definition) is 0. The monoisotopic (exact) mass is 608 g/mol. The van der Waals surface area contributed by atoms with Crippen molar-refractivity contribution in [2.75, 3.05) is 0 Å². The van der Waals surface area contributed by atoms with Gasteiger partial charge in [0.25, 0.3) is 0 Å². The van der Waals surface area contributed by atoms with E-state index >= 15 is 0 Å². The zero-order valence-electron chi connectivity index (χ0n) is 25.6. The van der Waals surface area contributed by atoms with Crippen LogP contribution in [0.3, 0.4) is 0 Å². The summed E-state index contributed by atoms with van der Waals surface area (Å²) < 4.78 is 72.9. The molecule has 0 spiro atoms. The van der Waals surface area contributed by atoms with Gasteiger partial charge < -0.3 is 0 Å². The largest absolute Gasteiger partial charge is 0.416 e. The Balaban J connectivity index is 0.000000283. The Bertz CT molecular complexity index is 1280. The SMILES string of the molecule is Cc1cc(C)cc(C(F)(F)F)c1.Cc1cc(C)cc(C(F)(F)F)c1.Cc1cc(C)cc(Cl)c1.Cc1cccc(C)c1C. The van der Waals surface area contributed by atoms with Gasteiger partial charge in [-0.2, -0.15) is 26.3 Å². The second-order valence-corrected chi connectivity index (χ2v) is 11.0. The van der Waals surface area contributed by atoms with Gasteiger partial charge in [-0.1, -0.05) is 70.3 Å².